The van der Waals surface area contributed by atoms with E-state index in [9.17, 15) is 4.79 Å². The first-order chi connectivity index (χ1) is 10.6. The molecule has 1 unspecified atom stereocenters. The third-order valence-corrected chi connectivity index (χ3v) is 5.33. The fourth-order valence-corrected chi connectivity index (χ4v) is 3.56. The van der Waals surface area contributed by atoms with Gasteiger partial charge in [-0.15, -0.1) is 5.10 Å². The van der Waals surface area contributed by atoms with Gasteiger partial charge >= 0.3 is 0 Å². The summed E-state index contributed by atoms with van der Waals surface area (Å²) in [6.45, 7) is 8.18. The van der Waals surface area contributed by atoms with Gasteiger partial charge in [0.05, 0.1) is 12.2 Å². The Morgan fingerprint density at radius 3 is 2.95 bits per heavy atom. The van der Waals surface area contributed by atoms with E-state index in [-0.39, 0.29) is 11.3 Å². The summed E-state index contributed by atoms with van der Waals surface area (Å²) in [4.78, 5) is 14.7. The van der Waals surface area contributed by atoms with Crippen molar-refractivity contribution in [3.05, 3.63) is 11.9 Å². The number of rotatable bonds is 3. The van der Waals surface area contributed by atoms with Gasteiger partial charge in [-0.2, -0.15) is 0 Å². The molecule has 0 saturated carbocycles. The summed E-state index contributed by atoms with van der Waals surface area (Å²) in [5.41, 5.74) is 0.748. The molecule has 0 bridgehead atoms. The number of hydrogen-bond acceptors (Lipinski definition) is 4. The Morgan fingerprint density at radius 1 is 1.45 bits per heavy atom. The minimum Gasteiger partial charge on any atom is -0.337 e. The predicted octanol–water partition coefficient (Wildman–Crippen LogP) is 1.85. The van der Waals surface area contributed by atoms with Gasteiger partial charge in [-0.25, -0.2) is 4.68 Å². The molecule has 0 aliphatic carbocycles. The van der Waals surface area contributed by atoms with Crippen LogP contribution >= 0.6 is 0 Å². The van der Waals surface area contributed by atoms with Gasteiger partial charge in [-0.05, 0) is 50.6 Å². The maximum Gasteiger partial charge on any atom is 0.276 e. The molecule has 1 amide bonds. The van der Waals surface area contributed by atoms with Crippen molar-refractivity contribution in [3.8, 4) is 0 Å². The van der Waals surface area contributed by atoms with Crippen LogP contribution in [0.3, 0.4) is 0 Å². The monoisotopic (exact) mass is 305 g/mol. The number of carbonyl (C=O) groups is 1. The first kappa shape index (κ1) is 15.5. The zero-order valence-corrected chi connectivity index (χ0v) is 13.7. The Labute approximate surface area is 132 Å². The number of hydrogen-bond donors (Lipinski definition) is 1. The van der Waals surface area contributed by atoms with Gasteiger partial charge in [0.1, 0.15) is 0 Å². The average molecular weight is 305 g/mol. The molecule has 1 aromatic rings. The molecular weight excluding hydrogens is 278 g/mol. The van der Waals surface area contributed by atoms with Crippen LogP contribution in [0.15, 0.2) is 6.20 Å². The number of nitrogens with zero attached hydrogens (tertiary/aromatic N) is 4. The Morgan fingerprint density at radius 2 is 2.23 bits per heavy atom. The van der Waals surface area contributed by atoms with Crippen molar-refractivity contribution in [2.75, 3.05) is 26.2 Å². The lowest BCUT2D eigenvalue weighted by molar-refractivity contribution is 0.0537. The van der Waals surface area contributed by atoms with Gasteiger partial charge in [0.25, 0.3) is 5.91 Å². The quantitative estimate of drug-likeness (QED) is 0.926. The SMILES string of the molecule is CCC1(C)CCCN(C(=O)c2cn(C3CCNCC3)nn2)C1. The lowest BCUT2D eigenvalue weighted by atomic mass is 9.79. The third kappa shape index (κ3) is 3.16. The van der Waals surface area contributed by atoms with E-state index in [1.54, 1.807) is 0 Å². The summed E-state index contributed by atoms with van der Waals surface area (Å²) in [5, 5.41) is 11.7. The highest BCUT2D eigenvalue weighted by Crippen LogP contribution is 2.33. The van der Waals surface area contributed by atoms with E-state index in [0.717, 1.165) is 51.9 Å². The molecule has 22 heavy (non-hydrogen) atoms. The van der Waals surface area contributed by atoms with Crippen LogP contribution in [0.4, 0.5) is 0 Å². The standard InChI is InChI=1S/C16H27N5O/c1-3-16(2)7-4-10-20(12-16)15(22)14-11-21(19-18-14)13-5-8-17-9-6-13/h11,13,17H,3-10,12H2,1-2H3. The van der Waals surface area contributed by atoms with E-state index in [4.69, 9.17) is 0 Å². The number of nitrogens with one attached hydrogen (secondary N) is 1. The van der Waals surface area contributed by atoms with Gasteiger partial charge < -0.3 is 10.2 Å². The summed E-state index contributed by atoms with van der Waals surface area (Å²) >= 11 is 0. The van der Waals surface area contributed by atoms with Crippen LogP contribution in [0.25, 0.3) is 0 Å². The molecule has 3 rings (SSSR count). The van der Waals surface area contributed by atoms with Crippen molar-refractivity contribution in [1.29, 1.82) is 0 Å². The minimum atomic E-state index is 0.0413. The molecule has 0 spiro atoms. The highest BCUT2D eigenvalue weighted by atomic mass is 16.2. The van der Waals surface area contributed by atoms with E-state index < -0.39 is 0 Å². The molecule has 2 aliphatic heterocycles. The second kappa shape index (κ2) is 6.36. The van der Waals surface area contributed by atoms with E-state index in [0.29, 0.717) is 11.7 Å². The Kier molecular flexibility index (Phi) is 4.47. The van der Waals surface area contributed by atoms with Crippen molar-refractivity contribution >= 4 is 5.91 Å². The van der Waals surface area contributed by atoms with Crippen LogP contribution in [0.2, 0.25) is 0 Å². The zero-order chi connectivity index (χ0) is 15.6. The van der Waals surface area contributed by atoms with Crippen molar-refractivity contribution in [3.63, 3.8) is 0 Å². The third-order valence-electron chi connectivity index (χ3n) is 5.33. The molecule has 1 atom stereocenters. The number of carbonyl (C=O) groups excluding carboxylic acids is 1. The van der Waals surface area contributed by atoms with Gasteiger partial charge in [0.2, 0.25) is 0 Å². The van der Waals surface area contributed by atoms with E-state index >= 15 is 0 Å². The van der Waals surface area contributed by atoms with Gasteiger partial charge in [-0.1, -0.05) is 19.1 Å². The molecule has 2 fully saturated rings. The van der Waals surface area contributed by atoms with Gasteiger partial charge in [-0.3, -0.25) is 4.79 Å². The van der Waals surface area contributed by atoms with Crippen LogP contribution < -0.4 is 5.32 Å². The second-order valence-corrected chi connectivity index (χ2v) is 7.06. The van der Waals surface area contributed by atoms with E-state index in [1.165, 1.54) is 6.42 Å². The van der Waals surface area contributed by atoms with E-state index in [2.05, 4.69) is 29.5 Å². The summed E-state index contributed by atoms with van der Waals surface area (Å²) in [6, 6.07) is 0.373. The van der Waals surface area contributed by atoms with Crippen LogP contribution in [0, 0.1) is 5.41 Å². The lowest BCUT2D eigenvalue weighted by Gasteiger charge is -2.39. The number of amides is 1. The van der Waals surface area contributed by atoms with Crippen LogP contribution in [-0.2, 0) is 0 Å². The highest BCUT2D eigenvalue weighted by molar-refractivity contribution is 5.92. The molecule has 3 heterocycles. The predicted molar refractivity (Wildman–Crippen MR) is 84.7 cm³/mol. The van der Waals surface area contributed by atoms with Crippen molar-refractivity contribution in [2.45, 2.75) is 52.0 Å². The van der Waals surface area contributed by atoms with Crippen molar-refractivity contribution < 1.29 is 4.79 Å². The maximum atomic E-state index is 12.7. The van der Waals surface area contributed by atoms with Gasteiger partial charge in [0, 0.05) is 13.1 Å². The summed E-state index contributed by atoms with van der Waals surface area (Å²) in [5.74, 6) is 0.0413. The average Bonchev–Trinajstić information content (AvgIpc) is 3.05. The molecular formula is C16H27N5O. The van der Waals surface area contributed by atoms with Crippen LogP contribution in [0.1, 0.15) is 62.5 Å². The molecule has 6 nitrogen and oxygen atoms in total. The normalized spacial score (nSPS) is 27.1. The molecule has 6 heteroatoms. The molecule has 1 aromatic heterocycles. The Hall–Kier alpha value is -1.43. The van der Waals surface area contributed by atoms with Crippen LogP contribution in [0.5, 0.6) is 0 Å². The smallest absolute Gasteiger partial charge is 0.276 e. The molecule has 122 valence electrons. The van der Waals surface area contributed by atoms with Crippen molar-refractivity contribution in [1.82, 2.24) is 25.2 Å². The molecule has 2 aliphatic rings. The summed E-state index contributed by atoms with van der Waals surface area (Å²) in [7, 11) is 0. The highest BCUT2D eigenvalue weighted by Gasteiger charge is 2.33. The first-order valence-electron chi connectivity index (χ1n) is 8.53. The maximum absolute atomic E-state index is 12.7. The molecule has 0 radical (unpaired) electrons. The fraction of sp³-hybridized carbons (Fsp3) is 0.812. The van der Waals surface area contributed by atoms with Gasteiger partial charge in [0.15, 0.2) is 5.69 Å². The molecule has 0 aromatic carbocycles. The summed E-state index contributed by atoms with van der Waals surface area (Å²) < 4.78 is 1.89. The summed E-state index contributed by atoms with van der Waals surface area (Å²) in [6.07, 6.45) is 7.34. The minimum absolute atomic E-state index is 0.0413. The lowest BCUT2D eigenvalue weighted by Crippen LogP contribution is -2.44. The zero-order valence-electron chi connectivity index (χ0n) is 13.7. The molecule has 1 N–H and O–H groups in total. The van der Waals surface area contributed by atoms with E-state index in [1.807, 2.05) is 15.8 Å². The largest absolute Gasteiger partial charge is 0.337 e. The first-order valence-corrected chi connectivity index (χ1v) is 8.53. The fourth-order valence-electron chi connectivity index (χ4n) is 3.56. The molecule has 2 saturated heterocycles. The second-order valence-electron chi connectivity index (χ2n) is 7.06. The number of likely N-dealkylation sites (tertiary alicyclic amines) is 1. The van der Waals surface area contributed by atoms with Crippen molar-refractivity contribution in [2.24, 2.45) is 5.41 Å². The number of piperidine rings is 2. The number of aromatic nitrogens is 3. The topological polar surface area (TPSA) is 63.1 Å². The van der Waals surface area contributed by atoms with Crippen LogP contribution in [-0.4, -0.2) is 52.0 Å². The Balaban J connectivity index is 1.68. The Bertz CT molecular complexity index is 522.